The zero-order valence-electron chi connectivity index (χ0n) is 9.38. The molecule has 0 spiro atoms. The minimum absolute atomic E-state index is 0.00431. The second-order valence-corrected chi connectivity index (χ2v) is 3.80. The Kier molecular flexibility index (Phi) is 2.79. The molecule has 0 amide bonds. The Bertz CT molecular complexity index is 585. The van der Waals surface area contributed by atoms with Crippen LogP contribution in [0.1, 0.15) is 27.4 Å². The molecule has 2 rings (SSSR count). The van der Waals surface area contributed by atoms with Crippen molar-refractivity contribution in [2.75, 3.05) is 0 Å². The minimum atomic E-state index is -1.14. The van der Waals surface area contributed by atoms with Gasteiger partial charge in [0, 0.05) is 0 Å². The molecule has 0 fully saturated rings. The smallest absolute Gasteiger partial charge is 0.231 e. The lowest BCUT2D eigenvalue weighted by molar-refractivity contribution is 0.100. The standard InChI is InChI=1S/C13H10F2O2/c1-7-3-5-9(12(15)11(7)14)13(16)10-6-4-8(2)17-10/h3-6H,1-2H3. The van der Waals surface area contributed by atoms with Crippen molar-refractivity contribution >= 4 is 5.78 Å². The molecule has 0 N–H and O–H groups in total. The van der Waals surface area contributed by atoms with Crippen LogP contribution in [0.25, 0.3) is 0 Å². The quantitative estimate of drug-likeness (QED) is 0.748. The molecule has 0 unspecified atom stereocenters. The summed E-state index contributed by atoms with van der Waals surface area (Å²) in [5.74, 6) is -2.25. The van der Waals surface area contributed by atoms with Gasteiger partial charge in [0.1, 0.15) is 5.76 Å². The molecule has 0 saturated heterocycles. The van der Waals surface area contributed by atoms with E-state index in [-0.39, 0.29) is 16.9 Å². The highest BCUT2D eigenvalue weighted by Gasteiger charge is 2.20. The molecule has 2 nitrogen and oxygen atoms in total. The first kappa shape index (κ1) is 11.5. The van der Waals surface area contributed by atoms with Gasteiger partial charge in [0.15, 0.2) is 17.4 Å². The second kappa shape index (κ2) is 4.13. The third-order valence-corrected chi connectivity index (χ3v) is 2.48. The van der Waals surface area contributed by atoms with Crippen LogP contribution >= 0.6 is 0 Å². The van der Waals surface area contributed by atoms with Crippen LogP contribution in [0, 0.1) is 25.5 Å². The molecule has 2 aromatic rings. The van der Waals surface area contributed by atoms with Crippen LogP contribution in [0.2, 0.25) is 0 Å². The van der Waals surface area contributed by atoms with Gasteiger partial charge in [-0.3, -0.25) is 4.79 Å². The maximum Gasteiger partial charge on any atom is 0.231 e. The third-order valence-electron chi connectivity index (χ3n) is 2.48. The Morgan fingerprint density at radius 3 is 2.35 bits per heavy atom. The van der Waals surface area contributed by atoms with E-state index in [0.29, 0.717) is 5.76 Å². The molecular formula is C13H10F2O2. The molecule has 0 bridgehead atoms. The van der Waals surface area contributed by atoms with E-state index in [1.54, 1.807) is 13.0 Å². The van der Waals surface area contributed by atoms with E-state index < -0.39 is 17.4 Å². The number of rotatable bonds is 2. The average molecular weight is 236 g/mol. The molecule has 4 heteroatoms. The van der Waals surface area contributed by atoms with Gasteiger partial charge in [-0.05, 0) is 37.6 Å². The zero-order chi connectivity index (χ0) is 12.6. The number of hydrogen-bond acceptors (Lipinski definition) is 2. The molecule has 1 aromatic heterocycles. The van der Waals surface area contributed by atoms with E-state index in [0.717, 1.165) is 0 Å². The van der Waals surface area contributed by atoms with E-state index in [1.165, 1.54) is 25.1 Å². The van der Waals surface area contributed by atoms with Crippen molar-refractivity contribution in [1.29, 1.82) is 0 Å². The van der Waals surface area contributed by atoms with Gasteiger partial charge < -0.3 is 4.42 Å². The van der Waals surface area contributed by atoms with E-state index in [4.69, 9.17) is 4.42 Å². The Hall–Kier alpha value is -1.97. The average Bonchev–Trinajstić information content (AvgIpc) is 2.72. The Morgan fingerprint density at radius 2 is 1.76 bits per heavy atom. The molecule has 0 atom stereocenters. The first-order valence-electron chi connectivity index (χ1n) is 5.06. The van der Waals surface area contributed by atoms with E-state index in [1.807, 2.05) is 0 Å². The van der Waals surface area contributed by atoms with Crippen molar-refractivity contribution in [3.05, 3.63) is 58.5 Å². The highest BCUT2D eigenvalue weighted by molar-refractivity contribution is 6.07. The Morgan fingerprint density at radius 1 is 1.06 bits per heavy atom. The number of benzene rings is 1. The predicted molar refractivity (Wildman–Crippen MR) is 58.0 cm³/mol. The SMILES string of the molecule is Cc1ccc(C(=O)c2ccc(C)c(F)c2F)o1. The summed E-state index contributed by atoms with van der Waals surface area (Å²) in [7, 11) is 0. The summed E-state index contributed by atoms with van der Waals surface area (Å²) >= 11 is 0. The summed E-state index contributed by atoms with van der Waals surface area (Å²) in [5.41, 5.74) is -0.155. The van der Waals surface area contributed by atoms with Crippen molar-refractivity contribution in [3.63, 3.8) is 0 Å². The van der Waals surface area contributed by atoms with Gasteiger partial charge in [0.2, 0.25) is 5.78 Å². The van der Waals surface area contributed by atoms with Crippen molar-refractivity contribution < 1.29 is 18.0 Å². The third kappa shape index (κ3) is 1.98. The van der Waals surface area contributed by atoms with Gasteiger partial charge in [-0.15, -0.1) is 0 Å². The summed E-state index contributed by atoms with van der Waals surface area (Å²) in [5, 5.41) is 0. The van der Waals surface area contributed by atoms with E-state index in [2.05, 4.69) is 0 Å². The fourth-order valence-corrected chi connectivity index (χ4v) is 1.51. The van der Waals surface area contributed by atoms with Crippen molar-refractivity contribution in [2.45, 2.75) is 13.8 Å². The fraction of sp³-hybridized carbons (Fsp3) is 0.154. The number of furan rings is 1. The van der Waals surface area contributed by atoms with Gasteiger partial charge in [0.05, 0.1) is 5.56 Å². The lowest BCUT2D eigenvalue weighted by Crippen LogP contribution is -2.05. The van der Waals surface area contributed by atoms with Crippen molar-refractivity contribution in [1.82, 2.24) is 0 Å². The summed E-state index contributed by atoms with van der Waals surface area (Å²) in [6.07, 6.45) is 0. The molecule has 0 aliphatic rings. The predicted octanol–water partition coefficient (Wildman–Crippen LogP) is 3.41. The van der Waals surface area contributed by atoms with Crippen LogP contribution in [-0.4, -0.2) is 5.78 Å². The first-order chi connectivity index (χ1) is 8.00. The van der Waals surface area contributed by atoms with Crippen LogP contribution < -0.4 is 0 Å². The van der Waals surface area contributed by atoms with Gasteiger partial charge >= 0.3 is 0 Å². The van der Waals surface area contributed by atoms with Gasteiger partial charge in [-0.25, -0.2) is 8.78 Å². The lowest BCUT2D eigenvalue weighted by atomic mass is 10.1. The van der Waals surface area contributed by atoms with Gasteiger partial charge in [0.25, 0.3) is 0 Å². The maximum absolute atomic E-state index is 13.6. The van der Waals surface area contributed by atoms with Crippen LogP contribution in [0.4, 0.5) is 8.78 Å². The maximum atomic E-state index is 13.6. The van der Waals surface area contributed by atoms with Crippen molar-refractivity contribution in [2.24, 2.45) is 0 Å². The summed E-state index contributed by atoms with van der Waals surface area (Å²) < 4.78 is 32.0. The molecule has 0 saturated carbocycles. The molecule has 1 aromatic carbocycles. The minimum Gasteiger partial charge on any atom is -0.458 e. The second-order valence-electron chi connectivity index (χ2n) is 3.80. The Labute approximate surface area is 96.9 Å². The number of hydrogen-bond donors (Lipinski definition) is 0. The summed E-state index contributed by atoms with van der Waals surface area (Å²) in [6.45, 7) is 3.10. The van der Waals surface area contributed by atoms with Crippen LogP contribution in [0.15, 0.2) is 28.7 Å². The van der Waals surface area contributed by atoms with Gasteiger partial charge in [-0.2, -0.15) is 0 Å². The van der Waals surface area contributed by atoms with Crippen LogP contribution in [-0.2, 0) is 0 Å². The van der Waals surface area contributed by atoms with Crippen LogP contribution in [0.5, 0.6) is 0 Å². The van der Waals surface area contributed by atoms with Crippen molar-refractivity contribution in [3.8, 4) is 0 Å². The summed E-state index contributed by atoms with van der Waals surface area (Å²) in [6, 6.07) is 5.65. The number of ketones is 1. The summed E-state index contributed by atoms with van der Waals surface area (Å²) in [4.78, 5) is 11.8. The molecule has 17 heavy (non-hydrogen) atoms. The first-order valence-corrected chi connectivity index (χ1v) is 5.06. The molecule has 1 heterocycles. The van der Waals surface area contributed by atoms with Gasteiger partial charge in [-0.1, -0.05) is 6.07 Å². The van der Waals surface area contributed by atoms with E-state index >= 15 is 0 Å². The number of carbonyl (C=O) groups excluding carboxylic acids is 1. The molecule has 0 aliphatic heterocycles. The highest BCUT2D eigenvalue weighted by Crippen LogP contribution is 2.19. The monoisotopic (exact) mass is 236 g/mol. The van der Waals surface area contributed by atoms with E-state index in [9.17, 15) is 13.6 Å². The molecule has 0 aliphatic carbocycles. The molecular weight excluding hydrogens is 226 g/mol. The highest BCUT2D eigenvalue weighted by atomic mass is 19.2. The molecule has 0 radical (unpaired) electrons. The fourth-order valence-electron chi connectivity index (χ4n) is 1.51. The normalized spacial score (nSPS) is 10.6. The Balaban J connectivity index is 2.48. The number of halogens is 2. The lowest BCUT2D eigenvalue weighted by Gasteiger charge is -2.03. The molecule has 88 valence electrons. The van der Waals surface area contributed by atoms with Crippen LogP contribution in [0.3, 0.4) is 0 Å². The largest absolute Gasteiger partial charge is 0.458 e. The number of carbonyl (C=O) groups is 1. The number of aryl methyl sites for hydroxylation is 2. The zero-order valence-corrected chi connectivity index (χ0v) is 9.38. The topological polar surface area (TPSA) is 30.2 Å².